The average molecular weight is 381 g/mol. The van der Waals surface area contributed by atoms with E-state index in [1.807, 2.05) is 0 Å². The van der Waals surface area contributed by atoms with E-state index in [9.17, 15) is 27.4 Å². The molecule has 26 heavy (non-hydrogen) atoms. The molecule has 2 saturated heterocycles. The number of carbonyl (C=O) groups excluding carboxylic acids is 3. The third-order valence-electron chi connectivity index (χ3n) is 4.11. The van der Waals surface area contributed by atoms with Crippen LogP contribution in [0.5, 0.6) is 0 Å². The van der Waals surface area contributed by atoms with E-state index in [1.165, 1.54) is 0 Å². The van der Waals surface area contributed by atoms with E-state index in [0.717, 1.165) is 16.5 Å². The van der Waals surface area contributed by atoms with Crippen LogP contribution in [0.25, 0.3) is 0 Å². The fraction of sp³-hybridized carbons (Fsp3) is 0.267. The van der Waals surface area contributed by atoms with Gasteiger partial charge in [-0.1, -0.05) is 30.3 Å². The molecule has 3 N–H and O–H groups in total. The molecule has 0 unspecified atom stereocenters. The molecule has 0 aliphatic carbocycles. The number of nitrogens with two attached hydrogens (primary N) is 1. The van der Waals surface area contributed by atoms with Crippen LogP contribution >= 0.6 is 0 Å². The highest BCUT2D eigenvalue weighted by atomic mass is 32.2. The minimum Gasteiger partial charge on any atom is -0.445 e. The topological polar surface area (TPSA) is 147 Å². The summed E-state index contributed by atoms with van der Waals surface area (Å²) >= 11 is 0. The Kier molecular flexibility index (Phi) is 4.42. The van der Waals surface area contributed by atoms with Gasteiger partial charge in [0.15, 0.2) is 0 Å². The van der Waals surface area contributed by atoms with Crippen LogP contribution < -0.4 is 5.73 Å². The highest BCUT2D eigenvalue weighted by molar-refractivity contribution is 7.84. The van der Waals surface area contributed by atoms with Gasteiger partial charge >= 0.3 is 16.4 Å². The van der Waals surface area contributed by atoms with E-state index in [0.29, 0.717) is 0 Å². The second-order valence-corrected chi connectivity index (χ2v) is 7.08. The lowest BCUT2D eigenvalue weighted by molar-refractivity contribution is -0.143. The smallest absolute Gasteiger partial charge is 0.411 e. The molecule has 2 atom stereocenters. The second kappa shape index (κ2) is 6.42. The summed E-state index contributed by atoms with van der Waals surface area (Å²) in [5.41, 5.74) is 5.93. The summed E-state index contributed by atoms with van der Waals surface area (Å²) in [4.78, 5) is 36.6. The van der Waals surface area contributed by atoms with Crippen molar-refractivity contribution in [2.45, 2.75) is 18.7 Å². The summed E-state index contributed by atoms with van der Waals surface area (Å²) in [5.74, 6) is -1.85. The van der Waals surface area contributed by atoms with Gasteiger partial charge in [0.1, 0.15) is 18.7 Å². The summed E-state index contributed by atoms with van der Waals surface area (Å²) < 4.78 is 37.3. The summed E-state index contributed by atoms with van der Waals surface area (Å²) in [5, 5.41) is 0. The number of fused-ring (bicyclic) bond motifs is 1. The fourth-order valence-electron chi connectivity index (χ4n) is 3.05. The number of nitrogens with zero attached hydrogens (tertiary/aromatic N) is 2. The van der Waals surface area contributed by atoms with Crippen molar-refractivity contribution in [1.82, 2.24) is 9.21 Å². The van der Waals surface area contributed by atoms with Gasteiger partial charge in [0.05, 0.1) is 0 Å². The van der Waals surface area contributed by atoms with Gasteiger partial charge in [0.2, 0.25) is 5.91 Å². The zero-order valence-corrected chi connectivity index (χ0v) is 14.1. The number of ether oxygens (including phenoxy) is 1. The Bertz CT molecular complexity index is 897. The van der Waals surface area contributed by atoms with E-state index < -0.39 is 40.3 Å². The highest BCUT2D eigenvalue weighted by Gasteiger charge is 2.62. The van der Waals surface area contributed by atoms with Gasteiger partial charge in [0.25, 0.3) is 5.91 Å². The van der Waals surface area contributed by atoms with Crippen LogP contribution in [0.2, 0.25) is 0 Å². The first-order valence-corrected chi connectivity index (χ1v) is 8.87. The summed E-state index contributed by atoms with van der Waals surface area (Å²) in [6, 6.07) is 6.47. The van der Waals surface area contributed by atoms with E-state index in [-0.39, 0.29) is 23.0 Å². The van der Waals surface area contributed by atoms with Crippen molar-refractivity contribution in [2.75, 3.05) is 6.54 Å². The number of hydrogen-bond donors (Lipinski definition) is 2. The molecule has 2 aliphatic heterocycles. The average Bonchev–Trinajstić information content (AvgIpc) is 2.85. The van der Waals surface area contributed by atoms with Crippen LogP contribution in [0.15, 0.2) is 42.0 Å². The molecule has 2 fully saturated rings. The van der Waals surface area contributed by atoms with Crippen molar-refractivity contribution in [2.24, 2.45) is 5.73 Å². The van der Waals surface area contributed by atoms with Crippen LogP contribution in [-0.2, 0) is 31.2 Å². The van der Waals surface area contributed by atoms with Crippen LogP contribution in [-0.4, -0.2) is 58.7 Å². The second-order valence-electron chi connectivity index (χ2n) is 5.79. The first-order valence-electron chi connectivity index (χ1n) is 7.48. The summed E-state index contributed by atoms with van der Waals surface area (Å²) in [6.45, 7) is -0.262. The van der Waals surface area contributed by atoms with Crippen molar-refractivity contribution in [1.29, 1.82) is 0 Å². The summed E-state index contributed by atoms with van der Waals surface area (Å²) in [6.07, 6.45) is 0.0901. The molecular formula is C15H15N3O7S. The predicted molar refractivity (Wildman–Crippen MR) is 86.6 cm³/mol. The van der Waals surface area contributed by atoms with Gasteiger partial charge in [-0.25, -0.2) is 9.10 Å². The van der Waals surface area contributed by atoms with Crippen molar-refractivity contribution >= 4 is 28.2 Å². The van der Waals surface area contributed by atoms with Gasteiger partial charge in [0, 0.05) is 12.6 Å². The number of β-lactam (4-membered cyclic amide) rings is 1. The van der Waals surface area contributed by atoms with Crippen molar-refractivity contribution in [3.63, 3.8) is 0 Å². The molecule has 3 amide bonds. The Balaban J connectivity index is 1.80. The highest BCUT2D eigenvalue weighted by Crippen LogP contribution is 2.39. The Morgan fingerprint density at radius 1 is 1.27 bits per heavy atom. The van der Waals surface area contributed by atoms with Gasteiger partial charge < -0.3 is 10.5 Å². The van der Waals surface area contributed by atoms with Crippen molar-refractivity contribution < 1.29 is 32.1 Å². The third-order valence-corrected chi connectivity index (χ3v) is 5.01. The van der Waals surface area contributed by atoms with Gasteiger partial charge in [-0.05, 0) is 11.1 Å². The van der Waals surface area contributed by atoms with Gasteiger partial charge in [-0.15, -0.1) is 0 Å². The van der Waals surface area contributed by atoms with Gasteiger partial charge in [-0.3, -0.25) is 19.0 Å². The molecule has 0 bridgehead atoms. The Hall–Kier alpha value is -2.92. The third kappa shape index (κ3) is 3.13. The molecule has 3 rings (SSSR count). The lowest BCUT2D eigenvalue weighted by Gasteiger charge is -2.42. The lowest BCUT2D eigenvalue weighted by Crippen LogP contribution is -2.68. The minimum atomic E-state index is -4.83. The maximum atomic E-state index is 12.3. The molecule has 11 heteroatoms. The molecular weight excluding hydrogens is 366 g/mol. The molecule has 2 heterocycles. The number of carbonyl (C=O) groups is 3. The quantitative estimate of drug-likeness (QED) is 0.403. The van der Waals surface area contributed by atoms with Crippen LogP contribution in [0.4, 0.5) is 4.79 Å². The van der Waals surface area contributed by atoms with Crippen LogP contribution in [0, 0.1) is 0 Å². The number of benzene rings is 1. The number of amides is 3. The first-order chi connectivity index (χ1) is 12.2. The monoisotopic (exact) mass is 381 g/mol. The molecule has 1 aromatic rings. The van der Waals surface area contributed by atoms with Crippen LogP contribution in [0.3, 0.4) is 0 Å². The van der Waals surface area contributed by atoms with Gasteiger partial charge in [-0.2, -0.15) is 8.42 Å². The fourth-order valence-corrected chi connectivity index (χ4v) is 3.92. The van der Waals surface area contributed by atoms with Crippen molar-refractivity contribution in [3.8, 4) is 0 Å². The molecule has 0 spiro atoms. The normalized spacial score (nSPS) is 23.6. The minimum absolute atomic E-state index is 0.0430. The lowest BCUT2D eigenvalue weighted by atomic mass is 9.96. The Morgan fingerprint density at radius 2 is 1.92 bits per heavy atom. The van der Waals surface area contributed by atoms with E-state index in [1.54, 1.807) is 30.3 Å². The molecule has 138 valence electrons. The first kappa shape index (κ1) is 17.9. The largest absolute Gasteiger partial charge is 0.445 e. The zero-order valence-electron chi connectivity index (χ0n) is 13.3. The Morgan fingerprint density at radius 3 is 2.50 bits per heavy atom. The maximum Gasteiger partial charge on any atom is 0.411 e. The molecule has 0 radical (unpaired) electrons. The van der Waals surface area contributed by atoms with E-state index in [4.69, 9.17) is 10.5 Å². The number of primary amides is 1. The Labute approximate surface area is 148 Å². The van der Waals surface area contributed by atoms with Crippen LogP contribution in [0.1, 0.15) is 5.56 Å². The molecule has 10 nitrogen and oxygen atoms in total. The molecule has 2 aliphatic rings. The zero-order chi connectivity index (χ0) is 19.1. The number of likely N-dealkylation sites (tertiary alicyclic amines) is 1. The number of rotatable bonds is 4. The van der Waals surface area contributed by atoms with Crippen molar-refractivity contribution in [3.05, 3.63) is 47.5 Å². The molecule has 0 aromatic heterocycles. The molecule has 1 aromatic carbocycles. The summed E-state index contributed by atoms with van der Waals surface area (Å²) in [7, 11) is -4.83. The SMILES string of the molecule is NC(=O)/C=C1/CN(C(=O)OCc2ccccc2)[C@@H]2C(=O)N(S(=O)(=O)O)[C@H]12. The maximum absolute atomic E-state index is 12.3. The van der Waals surface area contributed by atoms with E-state index >= 15 is 0 Å². The molecule has 0 saturated carbocycles. The standard InChI is InChI=1S/C15H15N3O7S/c16-11(19)6-10-7-17(13-12(10)18(14(13)20)26(22,23)24)15(21)25-8-9-4-2-1-3-5-9/h1-6,12-13H,7-8H2,(H2,16,19)(H,22,23,24)/b10-6-/t12-,13+/m1/s1. The predicted octanol–water partition coefficient (Wildman–Crippen LogP) is -0.567. The van der Waals surface area contributed by atoms with E-state index in [2.05, 4.69) is 0 Å². The number of hydrogen-bond acceptors (Lipinski definition) is 6.